The number of aryl methyl sites for hydroxylation is 2. The molecule has 1 aliphatic heterocycles. The quantitative estimate of drug-likeness (QED) is 0.785. The number of carboxylic acid groups (broad SMARTS) is 1. The number of piperidine rings is 1. The van der Waals surface area contributed by atoms with Gasteiger partial charge in [-0.25, -0.2) is 9.50 Å². The summed E-state index contributed by atoms with van der Waals surface area (Å²) in [6.07, 6.45) is 4.91. The van der Waals surface area contributed by atoms with E-state index in [9.17, 15) is 9.90 Å². The van der Waals surface area contributed by atoms with Crippen molar-refractivity contribution in [2.75, 3.05) is 18.0 Å². The summed E-state index contributed by atoms with van der Waals surface area (Å²) >= 11 is 0. The van der Waals surface area contributed by atoms with Gasteiger partial charge in [0.1, 0.15) is 5.52 Å². The maximum absolute atomic E-state index is 11.2. The van der Waals surface area contributed by atoms with E-state index < -0.39 is 5.97 Å². The maximum atomic E-state index is 11.2. The first-order valence-electron chi connectivity index (χ1n) is 8.92. The van der Waals surface area contributed by atoms with Crippen molar-refractivity contribution in [2.24, 2.45) is 5.92 Å². The van der Waals surface area contributed by atoms with Crippen molar-refractivity contribution in [3.63, 3.8) is 0 Å². The van der Waals surface area contributed by atoms with Crippen LogP contribution in [-0.2, 0) is 4.79 Å². The zero-order valence-electron chi connectivity index (χ0n) is 15.0. The maximum Gasteiger partial charge on any atom is 0.306 e. The van der Waals surface area contributed by atoms with E-state index in [1.807, 2.05) is 10.7 Å². The largest absolute Gasteiger partial charge is 0.481 e. The summed E-state index contributed by atoms with van der Waals surface area (Å²) in [5.74, 6) is -0.0712. The lowest BCUT2D eigenvalue weighted by molar-refractivity contribution is -0.142. The van der Waals surface area contributed by atoms with Crippen LogP contribution in [0.3, 0.4) is 0 Å². The van der Waals surface area contributed by atoms with Crippen LogP contribution in [0.25, 0.3) is 16.8 Å². The second-order valence-corrected chi connectivity index (χ2v) is 7.01. The molecule has 0 amide bonds. The van der Waals surface area contributed by atoms with Gasteiger partial charge in [0.25, 0.3) is 0 Å². The van der Waals surface area contributed by atoms with Gasteiger partial charge >= 0.3 is 5.97 Å². The fraction of sp³-hybridized carbons (Fsp3) is 0.350. The van der Waals surface area contributed by atoms with Crippen LogP contribution in [0.1, 0.15) is 24.0 Å². The average Bonchev–Trinajstić information content (AvgIpc) is 3.08. The standard InChI is InChI=1S/C20H22N4O2/c1-13-3-4-16(11-14(13)2)17-12-18-19(21-7-10-24(18)22-17)23-8-5-15(6-9-23)20(25)26/h3-4,7,10-12,15H,5-6,8-9H2,1-2H3,(H,25,26). The second kappa shape index (κ2) is 6.44. The Balaban J connectivity index is 1.68. The molecule has 2 aromatic heterocycles. The van der Waals surface area contributed by atoms with E-state index in [2.05, 4.69) is 48.0 Å². The Morgan fingerprint density at radius 3 is 2.62 bits per heavy atom. The van der Waals surface area contributed by atoms with Crippen LogP contribution in [0.5, 0.6) is 0 Å². The molecule has 134 valence electrons. The number of carboxylic acids is 1. The molecule has 3 heterocycles. The first-order chi connectivity index (χ1) is 12.5. The molecule has 0 radical (unpaired) electrons. The molecule has 0 aliphatic carbocycles. The molecule has 26 heavy (non-hydrogen) atoms. The predicted molar refractivity (Wildman–Crippen MR) is 100 cm³/mol. The van der Waals surface area contributed by atoms with Crippen molar-refractivity contribution >= 4 is 17.3 Å². The van der Waals surface area contributed by atoms with Crippen LogP contribution in [0.15, 0.2) is 36.7 Å². The van der Waals surface area contributed by atoms with E-state index in [-0.39, 0.29) is 5.92 Å². The monoisotopic (exact) mass is 350 g/mol. The Morgan fingerprint density at radius 2 is 1.92 bits per heavy atom. The smallest absolute Gasteiger partial charge is 0.306 e. The molecular formula is C20H22N4O2. The van der Waals surface area contributed by atoms with Crippen LogP contribution in [0, 0.1) is 19.8 Å². The Morgan fingerprint density at radius 1 is 1.15 bits per heavy atom. The minimum absolute atomic E-state index is 0.248. The summed E-state index contributed by atoms with van der Waals surface area (Å²) in [6, 6.07) is 8.43. The average molecular weight is 350 g/mol. The molecule has 0 bridgehead atoms. The Labute approximate surface area is 152 Å². The zero-order chi connectivity index (χ0) is 18.3. The van der Waals surface area contributed by atoms with Crippen LogP contribution in [-0.4, -0.2) is 38.8 Å². The number of aliphatic carboxylic acids is 1. The Kier molecular flexibility index (Phi) is 4.11. The Bertz CT molecular complexity index is 971. The van der Waals surface area contributed by atoms with Gasteiger partial charge in [0.15, 0.2) is 5.82 Å². The number of nitrogens with zero attached hydrogens (tertiary/aromatic N) is 4. The Hall–Kier alpha value is -2.89. The molecule has 0 saturated carbocycles. The van der Waals surface area contributed by atoms with Crippen LogP contribution in [0.2, 0.25) is 0 Å². The number of benzene rings is 1. The lowest BCUT2D eigenvalue weighted by Crippen LogP contribution is -2.37. The summed E-state index contributed by atoms with van der Waals surface area (Å²) in [6.45, 7) is 5.61. The summed E-state index contributed by atoms with van der Waals surface area (Å²) < 4.78 is 1.86. The molecule has 1 saturated heterocycles. The molecule has 3 aromatic rings. The van der Waals surface area contributed by atoms with Crippen LogP contribution in [0.4, 0.5) is 5.82 Å². The minimum atomic E-state index is -0.697. The van der Waals surface area contributed by atoms with Crippen molar-refractivity contribution in [3.05, 3.63) is 47.8 Å². The van der Waals surface area contributed by atoms with Crippen molar-refractivity contribution < 1.29 is 9.90 Å². The van der Waals surface area contributed by atoms with Gasteiger partial charge in [0, 0.05) is 31.0 Å². The van der Waals surface area contributed by atoms with E-state index >= 15 is 0 Å². The third-order valence-corrected chi connectivity index (χ3v) is 5.32. The number of rotatable bonds is 3. The molecule has 0 atom stereocenters. The predicted octanol–water partition coefficient (Wildman–Crippen LogP) is 3.31. The van der Waals surface area contributed by atoms with Crippen LogP contribution >= 0.6 is 0 Å². The molecular weight excluding hydrogens is 328 g/mol. The molecule has 6 nitrogen and oxygen atoms in total. The minimum Gasteiger partial charge on any atom is -0.481 e. The van der Waals surface area contributed by atoms with Crippen molar-refractivity contribution in [1.82, 2.24) is 14.6 Å². The second-order valence-electron chi connectivity index (χ2n) is 7.01. The van der Waals surface area contributed by atoms with Crippen molar-refractivity contribution in [1.29, 1.82) is 0 Å². The zero-order valence-corrected chi connectivity index (χ0v) is 15.0. The number of fused-ring (bicyclic) bond motifs is 1. The van der Waals surface area contributed by atoms with Crippen molar-refractivity contribution in [2.45, 2.75) is 26.7 Å². The highest BCUT2D eigenvalue weighted by Crippen LogP contribution is 2.29. The van der Waals surface area contributed by atoms with Crippen molar-refractivity contribution in [3.8, 4) is 11.3 Å². The fourth-order valence-electron chi connectivity index (χ4n) is 3.53. The van der Waals surface area contributed by atoms with Gasteiger partial charge in [-0.1, -0.05) is 12.1 Å². The molecule has 1 aromatic carbocycles. The number of hydrogen-bond donors (Lipinski definition) is 1. The topological polar surface area (TPSA) is 70.7 Å². The summed E-state index contributed by atoms with van der Waals surface area (Å²) in [7, 11) is 0. The normalized spacial score (nSPS) is 15.5. The molecule has 6 heteroatoms. The summed E-state index contributed by atoms with van der Waals surface area (Å²) in [5, 5.41) is 13.9. The molecule has 0 spiro atoms. The van der Waals surface area contributed by atoms with Crippen LogP contribution < -0.4 is 4.90 Å². The molecule has 0 unspecified atom stereocenters. The van der Waals surface area contributed by atoms with Gasteiger partial charge < -0.3 is 10.0 Å². The van der Waals surface area contributed by atoms with Gasteiger partial charge in [-0.05, 0) is 49.9 Å². The van der Waals surface area contributed by atoms with Gasteiger partial charge in [0.05, 0.1) is 11.6 Å². The number of carbonyl (C=O) groups is 1. The van der Waals surface area contributed by atoms with E-state index in [0.29, 0.717) is 25.9 Å². The lowest BCUT2D eigenvalue weighted by Gasteiger charge is -2.31. The van der Waals surface area contributed by atoms with E-state index in [4.69, 9.17) is 5.10 Å². The summed E-state index contributed by atoms with van der Waals surface area (Å²) in [5.41, 5.74) is 5.47. The lowest BCUT2D eigenvalue weighted by atomic mass is 9.97. The molecule has 1 N–H and O–H groups in total. The SMILES string of the molecule is Cc1ccc(-c2cc3c(N4CCC(C(=O)O)CC4)nccn3n2)cc1C. The van der Waals surface area contributed by atoms with E-state index in [0.717, 1.165) is 22.6 Å². The van der Waals surface area contributed by atoms with Gasteiger partial charge in [-0.15, -0.1) is 0 Å². The molecule has 1 aliphatic rings. The third kappa shape index (κ3) is 2.92. The first-order valence-corrected chi connectivity index (χ1v) is 8.92. The number of aromatic nitrogens is 3. The van der Waals surface area contributed by atoms with E-state index in [1.54, 1.807) is 6.20 Å². The highest BCUT2D eigenvalue weighted by Gasteiger charge is 2.26. The third-order valence-electron chi connectivity index (χ3n) is 5.32. The highest BCUT2D eigenvalue weighted by molar-refractivity contribution is 5.76. The van der Waals surface area contributed by atoms with Gasteiger partial charge in [-0.2, -0.15) is 5.10 Å². The number of hydrogen-bond acceptors (Lipinski definition) is 4. The molecule has 1 fully saturated rings. The first kappa shape index (κ1) is 16.6. The fourth-order valence-corrected chi connectivity index (χ4v) is 3.53. The molecule has 4 rings (SSSR count). The number of anilines is 1. The summed E-state index contributed by atoms with van der Waals surface area (Å²) in [4.78, 5) is 17.9. The van der Waals surface area contributed by atoms with Gasteiger partial charge in [0.2, 0.25) is 0 Å². The van der Waals surface area contributed by atoms with Gasteiger partial charge in [-0.3, -0.25) is 4.79 Å². The highest BCUT2D eigenvalue weighted by atomic mass is 16.4. The van der Waals surface area contributed by atoms with E-state index in [1.165, 1.54) is 11.1 Å².